The molecule has 1 aromatic heterocycles. The van der Waals surface area contributed by atoms with Gasteiger partial charge in [-0.3, -0.25) is 4.79 Å². The number of piperidine rings is 1. The van der Waals surface area contributed by atoms with E-state index in [1.165, 1.54) is 5.56 Å². The van der Waals surface area contributed by atoms with Gasteiger partial charge < -0.3 is 11.1 Å². The summed E-state index contributed by atoms with van der Waals surface area (Å²) in [6.45, 7) is 3.89. The summed E-state index contributed by atoms with van der Waals surface area (Å²) in [5, 5.41) is 3.37. The van der Waals surface area contributed by atoms with E-state index in [9.17, 15) is 18.0 Å². The number of halogens is 3. The molecular weight excluding hydrogens is 477 g/mol. The molecule has 1 saturated heterocycles. The Morgan fingerprint density at radius 3 is 2.43 bits per heavy atom. The van der Waals surface area contributed by atoms with Gasteiger partial charge in [0.05, 0.1) is 17.2 Å². The number of benzene rings is 2. The molecule has 1 atom stereocenters. The van der Waals surface area contributed by atoms with E-state index in [0.29, 0.717) is 31.0 Å². The van der Waals surface area contributed by atoms with Gasteiger partial charge in [0.15, 0.2) is 0 Å². The number of amides is 1. The molecule has 0 spiro atoms. The van der Waals surface area contributed by atoms with Gasteiger partial charge in [-0.25, -0.2) is 9.97 Å². The van der Waals surface area contributed by atoms with E-state index in [4.69, 9.17) is 5.73 Å². The summed E-state index contributed by atoms with van der Waals surface area (Å²) in [5.74, 6) is -0.0306. The van der Waals surface area contributed by atoms with Crippen LogP contribution in [0.25, 0.3) is 0 Å². The van der Waals surface area contributed by atoms with Gasteiger partial charge in [0.25, 0.3) is 0 Å². The number of nitrogens with zero attached hydrogens (tertiary/aromatic N) is 2. The number of carbonyl (C=O) groups is 1. The summed E-state index contributed by atoms with van der Waals surface area (Å²) in [4.78, 5) is 20.3. The molecule has 2 aromatic carbocycles. The van der Waals surface area contributed by atoms with Gasteiger partial charge in [-0.1, -0.05) is 55.5 Å². The van der Waals surface area contributed by atoms with Crippen LogP contribution >= 0.6 is 0 Å². The predicted octanol–water partition coefficient (Wildman–Crippen LogP) is 5.32. The summed E-state index contributed by atoms with van der Waals surface area (Å²) >= 11 is 0. The molecule has 3 aromatic rings. The number of hydrogen-bond donors (Lipinski definition) is 2. The third-order valence-electron chi connectivity index (χ3n) is 7.19. The number of rotatable bonds is 9. The van der Waals surface area contributed by atoms with E-state index in [1.54, 1.807) is 0 Å². The SMILES string of the molecule is CCC(C(N)=O)c1ccccc1CCc1nc(Cc2ccc(C3CCNCC3)cc2)ncc1C(F)(F)F. The summed E-state index contributed by atoms with van der Waals surface area (Å²) < 4.78 is 41.3. The first-order chi connectivity index (χ1) is 17.8. The van der Waals surface area contributed by atoms with Gasteiger partial charge in [-0.05, 0) is 73.4 Å². The van der Waals surface area contributed by atoms with E-state index in [1.807, 2.05) is 43.3 Å². The Bertz CT molecular complexity index is 1200. The van der Waals surface area contributed by atoms with Crippen LogP contribution in [0, 0.1) is 0 Å². The summed E-state index contributed by atoms with van der Waals surface area (Å²) in [6.07, 6.45) is -0.190. The molecule has 1 unspecified atom stereocenters. The Kier molecular flexibility index (Phi) is 8.59. The maximum absolute atomic E-state index is 13.8. The lowest BCUT2D eigenvalue weighted by molar-refractivity contribution is -0.138. The zero-order valence-electron chi connectivity index (χ0n) is 21.0. The molecule has 2 heterocycles. The van der Waals surface area contributed by atoms with Crippen molar-refractivity contribution in [3.05, 3.63) is 94.1 Å². The molecule has 1 fully saturated rings. The Balaban J connectivity index is 1.54. The molecule has 0 saturated carbocycles. The number of hydrogen-bond acceptors (Lipinski definition) is 4. The van der Waals surface area contributed by atoms with Gasteiger partial charge in [0.2, 0.25) is 5.91 Å². The Hall–Kier alpha value is -3.26. The van der Waals surface area contributed by atoms with Crippen LogP contribution in [0.4, 0.5) is 13.2 Å². The Labute approximate surface area is 215 Å². The second-order valence-electron chi connectivity index (χ2n) is 9.65. The topological polar surface area (TPSA) is 80.9 Å². The average molecular weight is 511 g/mol. The average Bonchev–Trinajstić information content (AvgIpc) is 2.89. The minimum Gasteiger partial charge on any atom is -0.369 e. The van der Waals surface area contributed by atoms with E-state index >= 15 is 0 Å². The number of primary amides is 1. The van der Waals surface area contributed by atoms with Gasteiger partial charge in [0.1, 0.15) is 5.82 Å². The first-order valence-electron chi connectivity index (χ1n) is 12.8. The second-order valence-corrected chi connectivity index (χ2v) is 9.65. The molecule has 8 heteroatoms. The Morgan fingerprint density at radius 1 is 1.08 bits per heavy atom. The van der Waals surface area contributed by atoms with Crippen molar-refractivity contribution in [2.75, 3.05) is 13.1 Å². The van der Waals surface area contributed by atoms with Gasteiger partial charge in [-0.15, -0.1) is 0 Å². The molecule has 5 nitrogen and oxygen atoms in total. The van der Waals surface area contributed by atoms with E-state index in [-0.39, 0.29) is 12.1 Å². The quantitative estimate of drug-likeness (QED) is 0.409. The summed E-state index contributed by atoms with van der Waals surface area (Å²) in [6, 6.07) is 15.5. The lowest BCUT2D eigenvalue weighted by Crippen LogP contribution is -2.26. The molecular formula is C29H33F3N4O. The molecule has 37 heavy (non-hydrogen) atoms. The third-order valence-corrected chi connectivity index (χ3v) is 7.19. The van der Waals surface area contributed by atoms with Crippen LogP contribution in [-0.4, -0.2) is 29.0 Å². The van der Waals surface area contributed by atoms with E-state index < -0.39 is 23.6 Å². The molecule has 1 amide bonds. The van der Waals surface area contributed by atoms with Crippen molar-refractivity contribution in [2.24, 2.45) is 5.73 Å². The van der Waals surface area contributed by atoms with Crippen LogP contribution in [0.15, 0.2) is 54.7 Å². The molecule has 0 radical (unpaired) electrons. The molecule has 4 rings (SSSR count). The fourth-order valence-electron chi connectivity index (χ4n) is 5.15. The molecule has 3 N–H and O–H groups in total. The van der Waals surface area contributed by atoms with Gasteiger partial charge >= 0.3 is 6.18 Å². The van der Waals surface area contributed by atoms with Crippen molar-refractivity contribution in [3.63, 3.8) is 0 Å². The minimum absolute atomic E-state index is 0.0363. The van der Waals surface area contributed by atoms with Crippen molar-refractivity contribution >= 4 is 5.91 Å². The van der Waals surface area contributed by atoms with Crippen LogP contribution in [0.1, 0.15) is 77.4 Å². The molecule has 196 valence electrons. The zero-order chi connectivity index (χ0) is 26.4. The van der Waals surface area contributed by atoms with Crippen molar-refractivity contribution in [2.45, 2.75) is 63.5 Å². The summed E-state index contributed by atoms with van der Waals surface area (Å²) in [5.41, 5.74) is 8.52. The van der Waals surface area contributed by atoms with Crippen LogP contribution in [0.5, 0.6) is 0 Å². The third kappa shape index (κ3) is 6.74. The van der Waals surface area contributed by atoms with Crippen LogP contribution in [-0.2, 0) is 30.2 Å². The van der Waals surface area contributed by atoms with Gasteiger partial charge in [0, 0.05) is 12.6 Å². The Morgan fingerprint density at radius 2 is 1.78 bits per heavy atom. The van der Waals surface area contributed by atoms with Crippen molar-refractivity contribution in [1.82, 2.24) is 15.3 Å². The van der Waals surface area contributed by atoms with E-state index in [2.05, 4.69) is 27.4 Å². The normalized spacial score (nSPS) is 15.5. The lowest BCUT2D eigenvalue weighted by atomic mass is 9.89. The highest BCUT2D eigenvalue weighted by atomic mass is 19.4. The first-order valence-corrected chi connectivity index (χ1v) is 12.8. The zero-order valence-corrected chi connectivity index (χ0v) is 21.0. The fourth-order valence-corrected chi connectivity index (χ4v) is 5.15. The lowest BCUT2D eigenvalue weighted by Gasteiger charge is -2.23. The standard InChI is InChI=1S/C29H33F3N4O/c1-2-23(28(33)37)24-6-4-3-5-22(24)11-12-26-25(29(30,31)32)18-35-27(36-26)17-19-7-9-20(10-8-19)21-13-15-34-16-14-21/h3-10,18,21,23,34H,2,11-17H2,1H3,(H2,33,37). The summed E-state index contributed by atoms with van der Waals surface area (Å²) in [7, 11) is 0. The number of nitrogens with two attached hydrogens (primary N) is 1. The molecule has 0 bridgehead atoms. The largest absolute Gasteiger partial charge is 0.419 e. The number of nitrogens with one attached hydrogen (secondary N) is 1. The van der Waals surface area contributed by atoms with Crippen molar-refractivity contribution in [1.29, 1.82) is 0 Å². The maximum Gasteiger partial charge on any atom is 0.419 e. The highest BCUT2D eigenvalue weighted by molar-refractivity contribution is 5.82. The second kappa shape index (κ2) is 11.9. The minimum atomic E-state index is -4.55. The van der Waals surface area contributed by atoms with E-state index in [0.717, 1.165) is 48.8 Å². The first kappa shape index (κ1) is 26.8. The maximum atomic E-state index is 13.8. The van der Waals surface area contributed by atoms with Crippen molar-refractivity contribution in [3.8, 4) is 0 Å². The van der Waals surface area contributed by atoms with Crippen molar-refractivity contribution < 1.29 is 18.0 Å². The molecule has 1 aliphatic rings. The number of aromatic nitrogens is 2. The van der Waals surface area contributed by atoms with Crippen LogP contribution in [0.2, 0.25) is 0 Å². The van der Waals surface area contributed by atoms with Crippen LogP contribution in [0.3, 0.4) is 0 Å². The predicted molar refractivity (Wildman–Crippen MR) is 137 cm³/mol. The monoisotopic (exact) mass is 510 g/mol. The number of carbonyl (C=O) groups excluding carboxylic acids is 1. The smallest absolute Gasteiger partial charge is 0.369 e. The number of alkyl halides is 3. The highest BCUT2D eigenvalue weighted by Crippen LogP contribution is 2.32. The number of aryl methyl sites for hydroxylation is 2. The highest BCUT2D eigenvalue weighted by Gasteiger charge is 2.35. The molecule has 0 aliphatic carbocycles. The fraction of sp³-hybridized carbons (Fsp3) is 0.414. The van der Waals surface area contributed by atoms with Crippen LogP contribution < -0.4 is 11.1 Å². The van der Waals surface area contributed by atoms with Gasteiger partial charge in [-0.2, -0.15) is 13.2 Å². The molecule has 1 aliphatic heterocycles.